The van der Waals surface area contributed by atoms with Gasteiger partial charge in [-0.15, -0.1) is 0 Å². The van der Waals surface area contributed by atoms with Crippen molar-refractivity contribution in [3.05, 3.63) is 23.9 Å². The van der Waals surface area contributed by atoms with E-state index in [-0.39, 0.29) is 0 Å². The first kappa shape index (κ1) is 18.5. The van der Waals surface area contributed by atoms with Gasteiger partial charge in [-0.25, -0.2) is 4.98 Å². The largest absolute Gasteiger partial charge is 0.477 e. The minimum absolute atomic E-state index is 0.649. The number of ether oxygens (including phenoxy) is 1. The van der Waals surface area contributed by atoms with Crippen LogP contribution in [0.5, 0.6) is 5.88 Å². The number of likely N-dealkylation sites (tertiary alicyclic amines) is 1. The Bertz CT molecular complexity index is 500. The molecule has 1 aliphatic heterocycles. The van der Waals surface area contributed by atoms with E-state index in [0.717, 1.165) is 31.0 Å². The Balaban J connectivity index is 1.74. The number of hydrogen-bond donors (Lipinski definition) is 2. The maximum Gasteiger partial charge on any atom is 0.218 e. The van der Waals surface area contributed by atoms with Gasteiger partial charge < -0.3 is 20.3 Å². The van der Waals surface area contributed by atoms with E-state index in [1.54, 1.807) is 13.2 Å². The van der Waals surface area contributed by atoms with E-state index in [4.69, 9.17) is 4.74 Å². The van der Waals surface area contributed by atoms with Crippen LogP contribution in [-0.4, -0.2) is 55.7 Å². The molecule has 2 rings (SSSR count). The third-order valence-electron chi connectivity index (χ3n) is 4.13. The molecule has 0 atom stereocenters. The molecule has 134 valence electrons. The number of nitrogens with zero attached hydrogens (tertiary/aromatic N) is 3. The fourth-order valence-corrected chi connectivity index (χ4v) is 2.80. The molecule has 0 saturated carbocycles. The van der Waals surface area contributed by atoms with Gasteiger partial charge in [-0.05, 0) is 38.4 Å². The van der Waals surface area contributed by atoms with Crippen LogP contribution in [0, 0.1) is 0 Å². The number of guanidine groups is 1. The van der Waals surface area contributed by atoms with Gasteiger partial charge in [0.15, 0.2) is 5.96 Å². The smallest absolute Gasteiger partial charge is 0.218 e. The van der Waals surface area contributed by atoms with Crippen LogP contribution < -0.4 is 15.4 Å². The number of aliphatic imine (C=N–C) groups is 1. The fourth-order valence-electron chi connectivity index (χ4n) is 2.80. The number of rotatable bonds is 8. The second-order valence-corrected chi connectivity index (χ2v) is 6.07. The molecular formula is C18H31N5O. The Kier molecular flexibility index (Phi) is 8.38. The Morgan fingerprint density at radius 1 is 1.29 bits per heavy atom. The molecule has 1 saturated heterocycles. The van der Waals surface area contributed by atoms with Crippen molar-refractivity contribution < 1.29 is 4.74 Å². The van der Waals surface area contributed by atoms with Gasteiger partial charge in [0, 0.05) is 38.4 Å². The highest BCUT2D eigenvalue weighted by atomic mass is 16.5. The lowest BCUT2D eigenvalue weighted by molar-refractivity contribution is 0.232. The maximum atomic E-state index is 5.69. The van der Waals surface area contributed by atoms with Gasteiger partial charge in [0.25, 0.3) is 0 Å². The van der Waals surface area contributed by atoms with Gasteiger partial charge in [-0.3, -0.25) is 4.99 Å². The molecule has 6 heteroatoms. The van der Waals surface area contributed by atoms with Crippen molar-refractivity contribution in [2.24, 2.45) is 4.99 Å². The molecule has 24 heavy (non-hydrogen) atoms. The van der Waals surface area contributed by atoms with Gasteiger partial charge >= 0.3 is 0 Å². The van der Waals surface area contributed by atoms with Crippen molar-refractivity contribution in [2.45, 2.75) is 39.2 Å². The first-order valence-electron chi connectivity index (χ1n) is 9.07. The molecule has 0 bridgehead atoms. The zero-order valence-corrected chi connectivity index (χ0v) is 15.1. The molecule has 0 radical (unpaired) electrons. The second kappa shape index (κ2) is 10.9. The molecule has 6 nitrogen and oxygen atoms in total. The van der Waals surface area contributed by atoms with Crippen LogP contribution in [0.1, 0.15) is 38.2 Å². The number of hydrogen-bond acceptors (Lipinski definition) is 4. The molecule has 1 aliphatic rings. The number of piperidine rings is 1. The van der Waals surface area contributed by atoms with Gasteiger partial charge in [0.1, 0.15) is 0 Å². The van der Waals surface area contributed by atoms with Crippen LogP contribution in [0.15, 0.2) is 23.3 Å². The topological polar surface area (TPSA) is 61.8 Å². The summed E-state index contributed by atoms with van der Waals surface area (Å²) in [7, 11) is 1.80. The van der Waals surface area contributed by atoms with Crippen molar-refractivity contribution in [3.63, 3.8) is 0 Å². The highest BCUT2D eigenvalue weighted by Gasteiger charge is 2.10. The molecule has 1 aromatic heterocycles. The van der Waals surface area contributed by atoms with E-state index in [9.17, 15) is 0 Å². The summed E-state index contributed by atoms with van der Waals surface area (Å²) in [6.07, 6.45) is 6.77. The monoisotopic (exact) mass is 333 g/mol. The number of aromatic nitrogens is 1. The quantitative estimate of drug-likeness (QED) is 0.563. The summed E-state index contributed by atoms with van der Waals surface area (Å²) >= 11 is 0. The normalized spacial score (nSPS) is 16.0. The standard InChI is InChI=1S/C18H31N5O/c1-3-14-24-17-16(8-7-9-20-17)15-22-18(19-2)21-10-13-23-11-5-4-6-12-23/h7-9H,3-6,10-15H2,1-2H3,(H2,19,21,22). The minimum atomic E-state index is 0.649. The molecule has 0 aliphatic carbocycles. The van der Waals surface area contributed by atoms with Crippen LogP contribution in [0.2, 0.25) is 0 Å². The van der Waals surface area contributed by atoms with E-state index >= 15 is 0 Å². The first-order valence-corrected chi connectivity index (χ1v) is 9.07. The summed E-state index contributed by atoms with van der Waals surface area (Å²) in [5.74, 6) is 1.52. The highest BCUT2D eigenvalue weighted by molar-refractivity contribution is 5.79. The van der Waals surface area contributed by atoms with Crippen LogP contribution in [0.4, 0.5) is 0 Å². The van der Waals surface area contributed by atoms with Gasteiger partial charge in [-0.2, -0.15) is 0 Å². The third-order valence-corrected chi connectivity index (χ3v) is 4.13. The molecule has 0 spiro atoms. The first-order chi connectivity index (χ1) is 11.8. The fraction of sp³-hybridized carbons (Fsp3) is 0.667. The summed E-state index contributed by atoms with van der Waals surface area (Å²) < 4.78 is 5.69. The van der Waals surface area contributed by atoms with Crippen LogP contribution in [0.3, 0.4) is 0 Å². The van der Waals surface area contributed by atoms with Crippen molar-refractivity contribution in [3.8, 4) is 5.88 Å². The van der Waals surface area contributed by atoms with E-state index < -0.39 is 0 Å². The Morgan fingerprint density at radius 3 is 2.88 bits per heavy atom. The van der Waals surface area contributed by atoms with Gasteiger partial charge in [0.2, 0.25) is 5.88 Å². The molecule has 0 unspecified atom stereocenters. The second-order valence-electron chi connectivity index (χ2n) is 6.07. The van der Waals surface area contributed by atoms with E-state index in [1.807, 2.05) is 12.1 Å². The lowest BCUT2D eigenvalue weighted by Crippen LogP contribution is -2.42. The molecule has 1 fully saturated rings. The third kappa shape index (κ3) is 6.35. The maximum absolute atomic E-state index is 5.69. The summed E-state index contributed by atoms with van der Waals surface area (Å²) in [6.45, 7) is 7.85. The zero-order chi connectivity index (χ0) is 17.0. The zero-order valence-electron chi connectivity index (χ0n) is 15.1. The predicted molar refractivity (Wildman–Crippen MR) is 98.5 cm³/mol. The lowest BCUT2D eigenvalue weighted by Gasteiger charge is -2.26. The van der Waals surface area contributed by atoms with Crippen molar-refractivity contribution in [1.82, 2.24) is 20.5 Å². The average molecular weight is 333 g/mol. The summed E-state index contributed by atoms with van der Waals surface area (Å²) in [5, 5.41) is 6.73. The summed E-state index contributed by atoms with van der Waals surface area (Å²) in [4.78, 5) is 11.1. The molecule has 0 amide bonds. The summed E-state index contributed by atoms with van der Waals surface area (Å²) in [6, 6.07) is 3.97. The molecular weight excluding hydrogens is 302 g/mol. The van der Waals surface area contributed by atoms with Crippen molar-refractivity contribution >= 4 is 5.96 Å². The van der Waals surface area contributed by atoms with E-state index in [1.165, 1.54) is 32.4 Å². The Morgan fingerprint density at radius 2 is 2.12 bits per heavy atom. The van der Waals surface area contributed by atoms with Crippen molar-refractivity contribution in [2.75, 3.05) is 39.8 Å². The van der Waals surface area contributed by atoms with Crippen LogP contribution in [0.25, 0.3) is 0 Å². The number of pyridine rings is 1. The Labute approximate surface area is 145 Å². The van der Waals surface area contributed by atoms with Crippen LogP contribution in [-0.2, 0) is 6.54 Å². The van der Waals surface area contributed by atoms with E-state index in [0.29, 0.717) is 19.0 Å². The average Bonchev–Trinajstić information content (AvgIpc) is 2.64. The summed E-state index contributed by atoms with van der Waals surface area (Å²) in [5.41, 5.74) is 1.05. The molecule has 0 aromatic carbocycles. The van der Waals surface area contributed by atoms with Gasteiger partial charge in [0.05, 0.1) is 6.61 Å². The van der Waals surface area contributed by atoms with Crippen LogP contribution >= 0.6 is 0 Å². The molecule has 1 aromatic rings. The van der Waals surface area contributed by atoms with Crippen molar-refractivity contribution in [1.29, 1.82) is 0 Å². The minimum Gasteiger partial charge on any atom is -0.477 e. The van der Waals surface area contributed by atoms with E-state index in [2.05, 4.69) is 32.4 Å². The highest BCUT2D eigenvalue weighted by Crippen LogP contribution is 2.14. The number of nitrogens with one attached hydrogen (secondary N) is 2. The molecule has 2 heterocycles. The SMILES string of the molecule is CCCOc1ncccc1CNC(=NC)NCCN1CCCCC1. The Hall–Kier alpha value is -1.82. The predicted octanol–water partition coefficient (Wildman–Crippen LogP) is 2.02. The lowest BCUT2D eigenvalue weighted by atomic mass is 10.1. The molecule has 2 N–H and O–H groups in total. The van der Waals surface area contributed by atoms with Gasteiger partial charge in [-0.1, -0.05) is 19.4 Å².